The van der Waals surface area contributed by atoms with Crippen molar-refractivity contribution in [2.75, 3.05) is 0 Å². The molecule has 4 nitrogen and oxygen atoms in total. The summed E-state index contributed by atoms with van der Waals surface area (Å²) in [6.45, 7) is 8.30. The van der Waals surface area contributed by atoms with Gasteiger partial charge in [0.1, 0.15) is 0 Å². The number of carbonyl (C=O) groups is 3. The van der Waals surface area contributed by atoms with E-state index < -0.39 is 17.3 Å². The molecule has 0 bridgehead atoms. The topological polar surface area (TPSA) is 71.4 Å². The highest BCUT2D eigenvalue weighted by Crippen LogP contribution is 2.46. The molecule has 138 valence electrons. The van der Waals surface area contributed by atoms with Crippen LogP contribution in [0.1, 0.15) is 51.7 Å². The van der Waals surface area contributed by atoms with Crippen molar-refractivity contribution in [2.45, 2.75) is 46.3 Å². The number of allylic oxidation sites excluding steroid dienone is 4. The van der Waals surface area contributed by atoms with E-state index in [2.05, 4.69) is 12.6 Å². The fourth-order valence-electron chi connectivity index (χ4n) is 3.70. The third kappa shape index (κ3) is 3.28. The van der Waals surface area contributed by atoms with Crippen LogP contribution in [0.25, 0.3) is 0 Å². The number of Topliss-reactive ketones (excluding diaryl/α,β-unsaturated/α-hetero) is 2. The number of rotatable bonds is 5. The van der Waals surface area contributed by atoms with Gasteiger partial charge in [0.15, 0.2) is 11.6 Å². The monoisotopic (exact) mass is 372 g/mol. The Balaban J connectivity index is 2.62. The van der Waals surface area contributed by atoms with Crippen molar-refractivity contribution >= 4 is 30.2 Å². The molecule has 0 heterocycles. The standard InChI is InChI=1S/C21H24O4S/c1-11-12(2)19(23)16(13(3)18(11)22)21(4,5)17(20(24)25)15-8-6-14(10-26)7-9-15/h6-9,17,26H,10H2,1-5H3,(H,24,25). The zero-order valence-corrected chi connectivity index (χ0v) is 16.6. The molecule has 0 saturated heterocycles. The van der Waals surface area contributed by atoms with Crippen molar-refractivity contribution in [3.63, 3.8) is 0 Å². The molecule has 1 atom stereocenters. The number of benzene rings is 1. The molecule has 0 saturated carbocycles. The largest absolute Gasteiger partial charge is 0.481 e. The van der Waals surface area contributed by atoms with Gasteiger partial charge < -0.3 is 5.11 Å². The summed E-state index contributed by atoms with van der Waals surface area (Å²) < 4.78 is 0. The van der Waals surface area contributed by atoms with Gasteiger partial charge in [0, 0.05) is 33.5 Å². The van der Waals surface area contributed by atoms with Gasteiger partial charge in [-0.05, 0) is 31.9 Å². The van der Waals surface area contributed by atoms with Crippen LogP contribution in [-0.4, -0.2) is 22.6 Å². The van der Waals surface area contributed by atoms with Gasteiger partial charge in [-0.25, -0.2) is 0 Å². The lowest BCUT2D eigenvalue weighted by Crippen LogP contribution is -2.37. The smallest absolute Gasteiger partial charge is 0.311 e. The van der Waals surface area contributed by atoms with E-state index in [1.807, 2.05) is 12.1 Å². The van der Waals surface area contributed by atoms with Gasteiger partial charge in [-0.15, -0.1) is 0 Å². The highest BCUT2D eigenvalue weighted by Gasteiger charge is 2.45. The summed E-state index contributed by atoms with van der Waals surface area (Å²) in [6, 6.07) is 7.17. The highest BCUT2D eigenvalue weighted by molar-refractivity contribution is 7.79. The summed E-state index contributed by atoms with van der Waals surface area (Å²) in [5, 5.41) is 9.93. The molecule has 1 unspecified atom stereocenters. The van der Waals surface area contributed by atoms with Gasteiger partial charge in [0.05, 0.1) is 5.92 Å². The SMILES string of the molecule is CC1=C(C)C(=O)C(C(C)(C)C(C(=O)O)c2ccc(CS)cc2)=C(C)C1=O. The molecule has 1 aliphatic carbocycles. The molecule has 26 heavy (non-hydrogen) atoms. The van der Waals surface area contributed by atoms with E-state index in [9.17, 15) is 19.5 Å². The zero-order valence-electron chi connectivity index (χ0n) is 15.7. The van der Waals surface area contributed by atoms with E-state index in [4.69, 9.17) is 0 Å². The molecule has 0 spiro atoms. The Kier molecular flexibility index (Phi) is 5.61. The first kappa shape index (κ1) is 20.2. The van der Waals surface area contributed by atoms with Crippen LogP contribution in [0.4, 0.5) is 0 Å². The third-order valence-corrected chi connectivity index (χ3v) is 5.66. The van der Waals surface area contributed by atoms with Crippen LogP contribution < -0.4 is 0 Å². The lowest BCUT2D eigenvalue weighted by molar-refractivity contribution is -0.141. The molecule has 1 aliphatic rings. The number of carboxylic acids is 1. The minimum Gasteiger partial charge on any atom is -0.481 e. The Bertz CT molecular complexity index is 841. The summed E-state index contributed by atoms with van der Waals surface area (Å²) >= 11 is 4.22. The molecule has 5 heteroatoms. The number of aliphatic carboxylic acids is 1. The molecule has 1 aromatic carbocycles. The molecular formula is C21H24O4S. The third-order valence-electron chi connectivity index (χ3n) is 5.29. The Morgan fingerprint density at radius 2 is 1.50 bits per heavy atom. The van der Waals surface area contributed by atoms with Crippen molar-refractivity contribution in [3.8, 4) is 0 Å². The first-order valence-corrected chi connectivity index (χ1v) is 9.08. The maximum atomic E-state index is 12.9. The number of hydrogen-bond donors (Lipinski definition) is 2. The fraction of sp³-hybridized carbons (Fsp3) is 0.381. The first-order chi connectivity index (χ1) is 12.0. The second kappa shape index (κ2) is 7.23. The van der Waals surface area contributed by atoms with Gasteiger partial charge in [0.25, 0.3) is 0 Å². The normalized spacial score (nSPS) is 17.0. The summed E-state index contributed by atoms with van der Waals surface area (Å²) in [7, 11) is 0. The molecule has 1 N–H and O–H groups in total. The van der Waals surface area contributed by atoms with Crippen LogP contribution in [0.5, 0.6) is 0 Å². The number of carboxylic acid groups (broad SMARTS) is 1. The lowest BCUT2D eigenvalue weighted by Gasteiger charge is -2.36. The van der Waals surface area contributed by atoms with Crippen molar-refractivity contribution in [1.82, 2.24) is 0 Å². The quantitative estimate of drug-likeness (QED) is 0.603. The minimum absolute atomic E-state index is 0.195. The molecule has 0 amide bonds. The molecular weight excluding hydrogens is 348 g/mol. The van der Waals surface area contributed by atoms with E-state index in [-0.39, 0.29) is 17.1 Å². The van der Waals surface area contributed by atoms with Gasteiger partial charge in [-0.2, -0.15) is 12.6 Å². The van der Waals surface area contributed by atoms with Gasteiger partial charge >= 0.3 is 5.97 Å². The van der Waals surface area contributed by atoms with Gasteiger partial charge in [0.2, 0.25) is 0 Å². The summed E-state index contributed by atoms with van der Waals surface area (Å²) in [4.78, 5) is 37.6. The second-order valence-corrected chi connectivity index (χ2v) is 7.62. The van der Waals surface area contributed by atoms with Crippen LogP contribution >= 0.6 is 12.6 Å². The Morgan fingerprint density at radius 1 is 1.00 bits per heavy atom. The van der Waals surface area contributed by atoms with Crippen LogP contribution in [0.15, 0.2) is 46.6 Å². The summed E-state index contributed by atoms with van der Waals surface area (Å²) in [6.07, 6.45) is 0. The number of thiol groups is 1. The molecule has 1 aromatic rings. The van der Waals surface area contributed by atoms with Crippen LogP contribution in [0.3, 0.4) is 0 Å². The predicted molar refractivity (Wildman–Crippen MR) is 104 cm³/mol. The number of carbonyl (C=O) groups excluding carboxylic acids is 2. The Morgan fingerprint density at radius 3 is 1.96 bits per heavy atom. The fourth-order valence-corrected chi connectivity index (χ4v) is 3.91. The van der Waals surface area contributed by atoms with Crippen molar-refractivity contribution < 1.29 is 19.5 Å². The van der Waals surface area contributed by atoms with Crippen molar-refractivity contribution in [3.05, 3.63) is 57.7 Å². The maximum Gasteiger partial charge on any atom is 0.311 e. The van der Waals surface area contributed by atoms with Crippen LogP contribution in [0.2, 0.25) is 0 Å². The van der Waals surface area contributed by atoms with Crippen LogP contribution in [-0.2, 0) is 20.1 Å². The van der Waals surface area contributed by atoms with Gasteiger partial charge in [-0.3, -0.25) is 14.4 Å². The zero-order chi connectivity index (χ0) is 19.8. The molecule has 2 rings (SSSR count). The second-order valence-electron chi connectivity index (χ2n) is 7.30. The molecule has 0 aromatic heterocycles. The highest BCUT2D eigenvalue weighted by atomic mass is 32.1. The van der Waals surface area contributed by atoms with E-state index in [1.165, 1.54) is 0 Å². The van der Waals surface area contributed by atoms with Crippen molar-refractivity contribution in [2.24, 2.45) is 5.41 Å². The minimum atomic E-state index is -1.05. The number of ketones is 2. The molecule has 0 radical (unpaired) electrons. The van der Waals surface area contributed by atoms with E-state index in [0.29, 0.717) is 28.0 Å². The molecule has 0 aliphatic heterocycles. The predicted octanol–water partition coefficient (Wildman–Crippen LogP) is 4.12. The summed E-state index contributed by atoms with van der Waals surface area (Å²) in [5.74, 6) is -1.87. The summed E-state index contributed by atoms with van der Waals surface area (Å²) in [5.41, 5.74) is 1.96. The Hall–Kier alpha value is -2.14. The van der Waals surface area contributed by atoms with Crippen LogP contribution in [0, 0.1) is 5.41 Å². The number of hydrogen-bond acceptors (Lipinski definition) is 4. The lowest BCUT2D eigenvalue weighted by atomic mass is 9.64. The van der Waals surface area contributed by atoms with E-state index in [0.717, 1.165) is 5.56 Å². The van der Waals surface area contributed by atoms with E-state index >= 15 is 0 Å². The maximum absolute atomic E-state index is 12.9. The van der Waals surface area contributed by atoms with Crippen molar-refractivity contribution in [1.29, 1.82) is 0 Å². The van der Waals surface area contributed by atoms with E-state index in [1.54, 1.807) is 46.8 Å². The molecule has 0 fully saturated rings. The Labute approximate surface area is 159 Å². The average Bonchev–Trinajstić information content (AvgIpc) is 2.58. The van der Waals surface area contributed by atoms with Gasteiger partial charge in [-0.1, -0.05) is 38.1 Å². The average molecular weight is 372 g/mol. The first-order valence-electron chi connectivity index (χ1n) is 8.44.